The molecule has 18 heavy (non-hydrogen) atoms. The van der Waals surface area contributed by atoms with Crippen molar-refractivity contribution in [2.24, 2.45) is 11.7 Å². The lowest BCUT2D eigenvalue weighted by molar-refractivity contribution is 0.166. The second-order valence-electron chi connectivity index (χ2n) is 5.40. The first-order chi connectivity index (χ1) is 8.61. The van der Waals surface area contributed by atoms with Crippen molar-refractivity contribution in [3.63, 3.8) is 0 Å². The molecule has 0 radical (unpaired) electrons. The van der Waals surface area contributed by atoms with Crippen LogP contribution in [0, 0.1) is 12.8 Å². The highest BCUT2D eigenvalue weighted by molar-refractivity contribution is 5.30. The Morgan fingerprint density at radius 3 is 2.39 bits per heavy atom. The molecule has 0 bridgehead atoms. The molecule has 102 valence electrons. The van der Waals surface area contributed by atoms with Gasteiger partial charge in [0.1, 0.15) is 0 Å². The molecule has 0 heterocycles. The molecule has 0 aliphatic carbocycles. The van der Waals surface area contributed by atoms with Gasteiger partial charge >= 0.3 is 0 Å². The van der Waals surface area contributed by atoms with Crippen LogP contribution in [-0.2, 0) is 5.41 Å². The molecule has 0 aliphatic heterocycles. The van der Waals surface area contributed by atoms with E-state index < -0.39 is 0 Å². The Balaban J connectivity index is 3.06. The van der Waals surface area contributed by atoms with E-state index in [-0.39, 0.29) is 12.0 Å². The number of hydrogen-bond donors (Lipinski definition) is 2. The minimum absolute atomic E-state index is 0.128. The molecule has 2 heteroatoms. The Bertz CT molecular complexity index is 354. The highest BCUT2D eigenvalue weighted by Gasteiger charge is 2.32. The topological polar surface area (TPSA) is 46.2 Å². The third-order valence-corrected chi connectivity index (χ3v) is 4.16. The highest BCUT2D eigenvalue weighted by Crippen LogP contribution is 2.33. The SMILES string of the molecule is CCC(CC)CC(CN)(CO)c1cccc(C)c1. The summed E-state index contributed by atoms with van der Waals surface area (Å²) >= 11 is 0. The van der Waals surface area contributed by atoms with Crippen LogP contribution in [0.5, 0.6) is 0 Å². The first-order valence-corrected chi connectivity index (χ1v) is 7.00. The molecule has 1 aromatic carbocycles. The molecule has 1 rings (SSSR count). The largest absolute Gasteiger partial charge is 0.395 e. The van der Waals surface area contributed by atoms with Crippen molar-refractivity contribution in [3.8, 4) is 0 Å². The first-order valence-electron chi connectivity index (χ1n) is 7.00. The standard InChI is InChI=1S/C16H27NO/c1-4-14(5-2)10-16(11-17,12-18)15-8-6-7-13(3)9-15/h6-9,14,18H,4-5,10-12,17H2,1-3H3. The smallest absolute Gasteiger partial charge is 0.0540 e. The van der Waals surface area contributed by atoms with Gasteiger partial charge < -0.3 is 10.8 Å². The molecule has 0 spiro atoms. The molecule has 1 atom stereocenters. The average molecular weight is 249 g/mol. The number of aryl methyl sites for hydroxylation is 1. The summed E-state index contributed by atoms with van der Waals surface area (Å²) in [6.07, 6.45) is 3.25. The molecule has 0 fully saturated rings. The fourth-order valence-corrected chi connectivity index (χ4v) is 2.64. The van der Waals surface area contributed by atoms with E-state index in [0.29, 0.717) is 12.5 Å². The molecule has 1 aromatic rings. The number of hydrogen-bond acceptors (Lipinski definition) is 2. The van der Waals surface area contributed by atoms with Gasteiger partial charge in [-0.25, -0.2) is 0 Å². The maximum absolute atomic E-state index is 9.88. The summed E-state index contributed by atoms with van der Waals surface area (Å²) in [5.74, 6) is 0.626. The molecule has 0 aromatic heterocycles. The lowest BCUT2D eigenvalue weighted by atomic mass is 9.73. The quantitative estimate of drug-likeness (QED) is 0.780. The Kier molecular flexibility index (Phi) is 5.83. The van der Waals surface area contributed by atoms with Gasteiger partial charge in [0.15, 0.2) is 0 Å². The van der Waals surface area contributed by atoms with Gasteiger partial charge in [-0.05, 0) is 24.8 Å². The van der Waals surface area contributed by atoms with Crippen LogP contribution in [0.15, 0.2) is 24.3 Å². The Hall–Kier alpha value is -0.860. The van der Waals surface area contributed by atoms with Crippen molar-refractivity contribution in [3.05, 3.63) is 35.4 Å². The van der Waals surface area contributed by atoms with Crippen LogP contribution < -0.4 is 5.73 Å². The van der Waals surface area contributed by atoms with Crippen LogP contribution in [0.4, 0.5) is 0 Å². The maximum Gasteiger partial charge on any atom is 0.0540 e. The van der Waals surface area contributed by atoms with Gasteiger partial charge in [-0.2, -0.15) is 0 Å². The van der Waals surface area contributed by atoms with Crippen molar-refractivity contribution >= 4 is 0 Å². The zero-order chi connectivity index (χ0) is 13.6. The number of nitrogens with two attached hydrogens (primary N) is 1. The molecule has 2 nitrogen and oxygen atoms in total. The minimum Gasteiger partial charge on any atom is -0.395 e. The average Bonchev–Trinajstić information content (AvgIpc) is 2.41. The Labute approximate surface area is 111 Å². The minimum atomic E-state index is -0.275. The van der Waals surface area contributed by atoms with Crippen LogP contribution in [0.2, 0.25) is 0 Å². The van der Waals surface area contributed by atoms with E-state index in [1.54, 1.807) is 0 Å². The van der Waals surface area contributed by atoms with E-state index in [1.165, 1.54) is 11.1 Å². The highest BCUT2D eigenvalue weighted by atomic mass is 16.3. The van der Waals surface area contributed by atoms with Crippen molar-refractivity contribution in [1.82, 2.24) is 0 Å². The van der Waals surface area contributed by atoms with Crippen molar-refractivity contribution in [1.29, 1.82) is 0 Å². The van der Waals surface area contributed by atoms with E-state index in [4.69, 9.17) is 5.73 Å². The summed E-state index contributed by atoms with van der Waals surface area (Å²) in [7, 11) is 0. The van der Waals surface area contributed by atoms with Crippen LogP contribution in [0.3, 0.4) is 0 Å². The fourth-order valence-electron chi connectivity index (χ4n) is 2.64. The first kappa shape index (κ1) is 15.2. The zero-order valence-electron chi connectivity index (χ0n) is 11.9. The molecule has 3 N–H and O–H groups in total. The van der Waals surface area contributed by atoms with Gasteiger partial charge in [0.25, 0.3) is 0 Å². The second kappa shape index (κ2) is 6.91. The van der Waals surface area contributed by atoms with Gasteiger partial charge in [0, 0.05) is 12.0 Å². The van der Waals surface area contributed by atoms with Gasteiger partial charge in [0.2, 0.25) is 0 Å². The van der Waals surface area contributed by atoms with Crippen LogP contribution in [0.1, 0.15) is 44.2 Å². The van der Waals surface area contributed by atoms with E-state index >= 15 is 0 Å². The van der Waals surface area contributed by atoms with E-state index in [0.717, 1.165) is 19.3 Å². The Morgan fingerprint density at radius 2 is 1.94 bits per heavy atom. The van der Waals surface area contributed by atoms with Crippen LogP contribution in [-0.4, -0.2) is 18.3 Å². The van der Waals surface area contributed by atoms with Crippen LogP contribution >= 0.6 is 0 Å². The molecule has 0 saturated carbocycles. The van der Waals surface area contributed by atoms with Gasteiger partial charge in [0.05, 0.1) is 6.61 Å². The molecular weight excluding hydrogens is 222 g/mol. The molecule has 0 amide bonds. The summed E-state index contributed by atoms with van der Waals surface area (Å²) in [5.41, 5.74) is 8.13. The normalized spacial score (nSPS) is 14.8. The van der Waals surface area contributed by atoms with Crippen molar-refractivity contribution in [2.45, 2.75) is 45.4 Å². The van der Waals surface area contributed by atoms with Gasteiger partial charge in [-0.1, -0.05) is 56.5 Å². The summed E-state index contributed by atoms with van der Waals surface area (Å²) < 4.78 is 0. The Morgan fingerprint density at radius 1 is 1.28 bits per heavy atom. The van der Waals surface area contributed by atoms with Gasteiger partial charge in [-0.15, -0.1) is 0 Å². The number of benzene rings is 1. The monoisotopic (exact) mass is 249 g/mol. The summed E-state index contributed by atoms with van der Waals surface area (Å²) in [5, 5.41) is 9.88. The number of aliphatic hydroxyl groups is 1. The summed E-state index contributed by atoms with van der Waals surface area (Å²) in [6, 6.07) is 8.39. The predicted octanol–water partition coefficient (Wildman–Crippen LogP) is 3.01. The van der Waals surface area contributed by atoms with Crippen molar-refractivity contribution < 1.29 is 5.11 Å². The van der Waals surface area contributed by atoms with E-state index in [2.05, 4.69) is 45.0 Å². The molecule has 0 saturated heterocycles. The number of aliphatic hydroxyl groups excluding tert-OH is 1. The number of rotatable bonds is 7. The van der Waals surface area contributed by atoms with Crippen LogP contribution in [0.25, 0.3) is 0 Å². The van der Waals surface area contributed by atoms with E-state index in [9.17, 15) is 5.11 Å². The summed E-state index contributed by atoms with van der Waals surface area (Å²) in [6.45, 7) is 7.14. The molecular formula is C16H27NO. The predicted molar refractivity (Wildman–Crippen MR) is 77.7 cm³/mol. The zero-order valence-corrected chi connectivity index (χ0v) is 11.9. The lowest BCUT2D eigenvalue weighted by Gasteiger charge is -2.34. The lowest BCUT2D eigenvalue weighted by Crippen LogP contribution is -2.40. The third-order valence-electron chi connectivity index (χ3n) is 4.16. The fraction of sp³-hybridized carbons (Fsp3) is 0.625. The molecule has 1 unspecified atom stereocenters. The maximum atomic E-state index is 9.88. The molecule has 0 aliphatic rings. The van der Waals surface area contributed by atoms with E-state index in [1.807, 2.05) is 0 Å². The second-order valence-corrected chi connectivity index (χ2v) is 5.40. The summed E-state index contributed by atoms with van der Waals surface area (Å²) in [4.78, 5) is 0. The third kappa shape index (κ3) is 3.33. The van der Waals surface area contributed by atoms with Crippen molar-refractivity contribution in [2.75, 3.05) is 13.2 Å². The van der Waals surface area contributed by atoms with Gasteiger partial charge in [-0.3, -0.25) is 0 Å².